The first-order valence-corrected chi connectivity index (χ1v) is 6.62. The quantitative estimate of drug-likeness (QED) is 0.684. The van der Waals surface area contributed by atoms with Crippen LogP contribution in [0.25, 0.3) is 12.2 Å². The average molecular weight is 323 g/mol. The number of nitro benzene ring substituents is 1. The van der Waals surface area contributed by atoms with Crippen molar-refractivity contribution in [3.8, 4) is 0 Å². The number of nitrogens with zero attached hydrogens (tertiary/aromatic N) is 3. The van der Waals surface area contributed by atoms with Gasteiger partial charge in [-0.1, -0.05) is 5.16 Å². The molecule has 2 aromatic rings. The first kappa shape index (κ1) is 16.1. The van der Waals surface area contributed by atoms with Gasteiger partial charge >= 0.3 is 0 Å². The SMILES string of the molecule is Cl.NC1(c2noc(/C=C/c3ccc([N+](=O)[O-])cc3)n2)CCC1. The zero-order chi connectivity index (χ0) is 14.9. The molecule has 1 aromatic carbocycles. The fourth-order valence-corrected chi connectivity index (χ4v) is 2.16. The molecule has 0 spiro atoms. The van der Waals surface area contributed by atoms with E-state index in [1.165, 1.54) is 12.1 Å². The predicted octanol–water partition coefficient (Wildman–Crippen LogP) is 2.91. The van der Waals surface area contributed by atoms with Gasteiger partial charge in [0.2, 0.25) is 0 Å². The van der Waals surface area contributed by atoms with E-state index in [1.54, 1.807) is 24.3 Å². The van der Waals surface area contributed by atoms with Gasteiger partial charge in [0.25, 0.3) is 11.6 Å². The number of rotatable bonds is 4. The van der Waals surface area contributed by atoms with Crippen LogP contribution in [0.3, 0.4) is 0 Å². The standard InChI is InChI=1S/C14H14N4O3.ClH/c15-14(8-1-9-14)13-16-12(21-17-13)7-4-10-2-5-11(6-3-10)18(19)20;/h2-7H,1,8-9,15H2;1H/b7-4+;. The minimum atomic E-state index is -0.442. The van der Waals surface area contributed by atoms with Crippen molar-refractivity contribution >= 4 is 30.2 Å². The Labute approximate surface area is 132 Å². The van der Waals surface area contributed by atoms with Crippen LogP contribution in [0.1, 0.15) is 36.5 Å². The van der Waals surface area contributed by atoms with Crippen LogP contribution < -0.4 is 5.73 Å². The van der Waals surface area contributed by atoms with Gasteiger partial charge in [-0.2, -0.15) is 4.98 Å². The molecular weight excluding hydrogens is 308 g/mol. The monoisotopic (exact) mass is 322 g/mol. The summed E-state index contributed by atoms with van der Waals surface area (Å²) in [6, 6.07) is 6.20. The van der Waals surface area contributed by atoms with Gasteiger partial charge in [0.1, 0.15) is 0 Å². The molecule has 8 heteroatoms. The Morgan fingerprint density at radius 3 is 2.50 bits per heavy atom. The molecule has 0 bridgehead atoms. The second kappa shape index (κ2) is 6.25. The van der Waals surface area contributed by atoms with E-state index >= 15 is 0 Å². The highest BCUT2D eigenvalue weighted by Crippen LogP contribution is 2.36. The molecule has 22 heavy (non-hydrogen) atoms. The van der Waals surface area contributed by atoms with Crippen LogP contribution in [0.5, 0.6) is 0 Å². The summed E-state index contributed by atoms with van der Waals surface area (Å²) in [5, 5.41) is 14.5. The molecule has 1 heterocycles. The van der Waals surface area contributed by atoms with Crippen LogP contribution in [-0.2, 0) is 5.54 Å². The zero-order valence-electron chi connectivity index (χ0n) is 11.6. The molecule has 0 atom stereocenters. The summed E-state index contributed by atoms with van der Waals surface area (Å²) in [4.78, 5) is 14.4. The molecule has 0 radical (unpaired) electrons. The topological polar surface area (TPSA) is 108 Å². The van der Waals surface area contributed by atoms with Gasteiger partial charge in [-0.15, -0.1) is 12.4 Å². The van der Waals surface area contributed by atoms with E-state index < -0.39 is 10.5 Å². The number of nitrogens with two attached hydrogens (primary N) is 1. The van der Waals surface area contributed by atoms with Crippen LogP contribution >= 0.6 is 12.4 Å². The maximum absolute atomic E-state index is 10.6. The maximum atomic E-state index is 10.6. The van der Waals surface area contributed by atoms with Gasteiger partial charge in [-0.3, -0.25) is 10.1 Å². The summed E-state index contributed by atoms with van der Waals surface area (Å²) >= 11 is 0. The van der Waals surface area contributed by atoms with Gasteiger partial charge in [0.05, 0.1) is 10.5 Å². The molecule has 0 aliphatic heterocycles. The Hall–Kier alpha value is -2.25. The first-order valence-electron chi connectivity index (χ1n) is 6.62. The smallest absolute Gasteiger partial charge is 0.269 e. The van der Waals surface area contributed by atoms with E-state index in [-0.39, 0.29) is 18.1 Å². The van der Waals surface area contributed by atoms with Crippen LogP contribution in [-0.4, -0.2) is 15.1 Å². The van der Waals surface area contributed by atoms with Crippen LogP contribution in [0.2, 0.25) is 0 Å². The van der Waals surface area contributed by atoms with Crippen molar-refractivity contribution in [2.24, 2.45) is 5.73 Å². The minimum Gasteiger partial charge on any atom is -0.335 e. The van der Waals surface area contributed by atoms with Crippen molar-refractivity contribution < 1.29 is 9.45 Å². The van der Waals surface area contributed by atoms with Crippen molar-refractivity contribution in [3.05, 3.63) is 51.7 Å². The third kappa shape index (κ3) is 3.15. The molecule has 0 saturated heterocycles. The van der Waals surface area contributed by atoms with Crippen LogP contribution in [0.4, 0.5) is 5.69 Å². The van der Waals surface area contributed by atoms with Crippen molar-refractivity contribution in [3.63, 3.8) is 0 Å². The molecule has 116 valence electrons. The van der Waals surface area contributed by atoms with E-state index in [2.05, 4.69) is 10.1 Å². The van der Waals surface area contributed by atoms with E-state index in [1.807, 2.05) is 0 Å². The molecule has 1 fully saturated rings. The first-order chi connectivity index (χ1) is 10.1. The van der Waals surface area contributed by atoms with Crippen molar-refractivity contribution in [1.29, 1.82) is 0 Å². The van der Waals surface area contributed by atoms with E-state index in [9.17, 15) is 10.1 Å². The van der Waals surface area contributed by atoms with Gasteiger partial charge in [0.15, 0.2) is 5.82 Å². The lowest BCUT2D eigenvalue weighted by Crippen LogP contribution is -2.44. The second-order valence-electron chi connectivity index (χ2n) is 5.15. The maximum Gasteiger partial charge on any atom is 0.269 e. The van der Waals surface area contributed by atoms with Crippen LogP contribution in [0, 0.1) is 10.1 Å². The number of non-ortho nitro benzene ring substituents is 1. The number of hydrogen-bond donors (Lipinski definition) is 1. The Morgan fingerprint density at radius 2 is 1.95 bits per heavy atom. The molecule has 1 aliphatic rings. The highest BCUT2D eigenvalue weighted by molar-refractivity contribution is 5.85. The van der Waals surface area contributed by atoms with Gasteiger partial charge in [0, 0.05) is 18.2 Å². The van der Waals surface area contributed by atoms with Crippen molar-refractivity contribution in [2.45, 2.75) is 24.8 Å². The molecule has 3 rings (SSSR count). The number of nitro groups is 1. The molecule has 1 saturated carbocycles. The van der Waals surface area contributed by atoms with Crippen molar-refractivity contribution in [2.75, 3.05) is 0 Å². The lowest BCUT2D eigenvalue weighted by molar-refractivity contribution is -0.384. The predicted molar refractivity (Wildman–Crippen MR) is 83.3 cm³/mol. The lowest BCUT2D eigenvalue weighted by Gasteiger charge is -2.34. The highest BCUT2D eigenvalue weighted by Gasteiger charge is 2.38. The summed E-state index contributed by atoms with van der Waals surface area (Å²) in [7, 11) is 0. The third-order valence-electron chi connectivity index (χ3n) is 3.66. The van der Waals surface area contributed by atoms with Crippen LogP contribution in [0.15, 0.2) is 28.8 Å². The number of halogens is 1. The normalized spacial score (nSPS) is 16.0. The van der Waals surface area contributed by atoms with E-state index in [0.717, 1.165) is 24.8 Å². The van der Waals surface area contributed by atoms with Crippen molar-refractivity contribution in [1.82, 2.24) is 10.1 Å². The zero-order valence-corrected chi connectivity index (χ0v) is 12.5. The second-order valence-corrected chi connectivity index (χ2v) is 5.15. The summed E-state index contributed by atoms with van der Waals surface area (Å²) in [6.45, 7) is 0. The molecule has 2 N–H and O–H groups in total. The van der Waals surface area contributed by atoms with Gasteiger partial charge in [-0.25, -0.2) is 0 Å². The summed E-state index contributed by atoms with van der Waals surface area (Å²) in [6.07, 6.45) is 6.25. The minimum absolute atomic E-state index is 0. The average Bonchev–Trinajstić information content (AvgIpc) is 2.92. The Balaban J connectivity index is 0.00000176. The van der Waals surface area contributed by atoms with Gasteiger partial charge in [-0.05, 0) is 43.0 Å². The largest absolute Gasteiger partial charge is 0.335 e. The molecule has 0 unspecified atom stereocenters. The lowest BCUT2D eigenvalue weighted by atomic mass is 9.77. The fraction of sp³-hybridized carbons (Fsp3) is 0.286. The third-order valence-corrected chi connectivity index (χ3v) is 3.66. The Bertz CT molecular complexity index is 692. The fourth-order valence-electron chi connectivity index (χ4n) is 2.16. The van der Waals surface area contributed by atoms with Gasteiger partial charge < -0.3 is 10.3 Å². The number of hydrogen-bond acceptors (Lipinski definition) is 6. The Morgan fingerprint density at radius 1 is 1.27 bits per heavy atom. The molecule has 7 nitrogen and oxygen atoms in total. The Kier molecular flexibility index (Phi) is 4.58. The molecule has 0 amide bonds. The van der Waals surface area contributed by atoms with E-state index in [0.29, 0.717) is 11.7 Å². The molecule has 1 aromatic heterocycles. The summed E-state index contributed by atoms with van der Waals surface area (Å²) in [5.41, 5.74) is 6.54. The highest BCUT2D eigenvalue weighted by atomic mass is 35.5. The summed E-state index contributed by atoms with van der Waals surface area (Å²) < 4.78 is 5.13. The number of benzene rings is 1. The number of aromatic nitrogens is 2. The molecular formula is C14H15ClN4O3. The van der Waals surface area contributed by atoms with E-state index in [4.69, 9.17) is 10.3 Å². The summed E-state index contributed by atoms with van der Waals surface area (Å²) in [5.74, 6) is 0.914. The molecule has 1 aliphatic carbocycles.